The van der Waals surface area contributed by atoms with Gasteiger partial charge in [0.15, 0.2) is 0 Å². The molecule has 4 heteroatoms. The first-order chi connectivity index (χ1) is 6.65. The van der Waals surface area contributed by atoms with Gasteiger partial charge >= 0.3 is 0 Å². The maximum absolute atomic E-state index is 8.62. The molecule has 1 nitrogen and oxygen atoms in total. The second-order valence-electron chi connectivity index (χ2n) is 2.89. The maximum Gasteiger partial charge on any atom is 0.0661 e. The molecule has 0 bridgehead atoms. The SMILES string of the molecule is CC(C#N)CSc1c(Cl)cccc1Cl. The van der Waals surface area contributed by atoms with Crippen molar-refractivity contribution in [1.29, 1.82) is 5.26 Å². The molecule has 1 atom stereocenters. The Morgan fingerprint density at radius 3 is 2.50 bits per heavy atom. The summed E-state index contributed by atoms with van der Waals surface area (Å²) in [6.07, 6.45) is 0. The molecule has 0 fully saturated rings. The van der Waals surface area contributed by atoms with Gasteiger partial charge in [-0.1, -0.05) is 29.3 Å². The zero-order valence-electron chi connectivity index (χ0n) is 7.63. The maximum atomic E-state index is 8.62. The zero-order valence-corrected chi connectivity index (χ0v) is 9.96. The van der Waals surface area contributed by atoms with E-state index in [2.05, 4.69) is 6.07 Å². The molecule has 0 heterocycles. The first-order valence-electron chi connectivity index (χ1n) is 4.11. The Kier molecular flexibility index (Phi) is 4.60. The van der Waals surface area contributed by atoms with E-state index in [1.54, 1.807) is 12.1 Å². The lowest BCUT2D eigenvalue weighted by Gasteiger charge is -2.06. The number of rotatable bonds is 3. The highest BCUT2D eigenvalue weighted by atomic mass is 35.5. The average molecular weight is 246 g/mol. The molecule has 0 N–H and O–H groups in total. The van der Waals surface area contributed by atoms with Crippen LogP contribution in [0.15, 0.2) is 23.1 Å². The molecule has 14 heavy (non-hydrogen) atoms. The molecule has 1 rings (SSSR count). The summed E-state index contributed by atoms with van der Waals surface area (Å²) in [4.78, 5) is 0.859. The minimum absolute atomic E-state index is 0.00680. The van der Waals surface area contributed by atoms with Crippen molar-refractivity contribution < 1.29 is 0 Å². The van der Waals surface area contributed by atoms with Gasteiger partial charge < -0.3 is 0 Å². The van der Waals surface area contributed by atoms with Gasteiger partial charge in [-0.3, -0.25) is 0 Å². The molecular weight excluding hydrogens is 237 g/mol. The van der Waals surface area contributed by atoms with E-state index in [4.69, 9.17) is 28.5 Å². The first-order valence-corrected chi connectivity index (χ1v) is 5.85. The van der Waals surface area contributed by atoms with Crippen molar-refractivity contribution in [3.8, 4) is 6.07 Å². The van der Waals surface area contributed by atoms with Crippen LogP contribution in [-0.4, -0.2) is 5.75 Å². The molecule has 0 aliphatic heterocycles. The third-order valence-corrected chi connectivity index (χ3v) is 3.87. The summed E-state index contributed by atoms with van der Waals surface area (Å²) in [5.74, 6) is 0.715. The lowest BCUT2D eigenvalue weighted by molar-refractivity contribution is 0.864. The van der Waals surface area contributed by atoms with Crippen LogP contribution in [0.3, 0.4) is 0 Å². The van der Waals surface area contributed by atoms with Crippen LogP contribution in [0, 0.1) is 17.2 Å². The molecule has 0 radical (unpaired) electrons. The fourth-order valence-electron chi connectivity index (χ4n) is 0.866. The molecular formula is C10H9Cl2NS. The normalized spacial score (nSPS) is 12.1. The van der Waals surface area contributed by atoms with Gasteiger partial charge in [0.2, 0.25) is 0 Å². The van der Waals surface area contributed by atoms with Crippen LogP contribution in [0.5, 0.6) is 0 Å². The number of halogens is 2. The van der Waals surface area contributed by atoms with Crippen LogP contribution in [-0.2, 0) is 0 Å². The van der Waals surface area contributed by atoms with Crippen LogP contribution in [0.4, 0.5) is 0 Å². The quantitative estimate of drug-likeness (QED) is 0.744. The molecule has 1 aromatic rings. The molecule has 0 aliphatic rings. The Bertz CT molecular complexity index is 339. The third-order valence-electron chi connectivity index (χ3n) is 1.62. The van der Waals surface area contributed by atoms with Gasteiger partial charge in [0.25, 0.3) is 0 Å². The molecule has 1 unspecified atom stereocenters. The van der Waals surface area contributed by atoms with Crippen LogP contribution in [0.25, 0.3) is 0 Å². The van der Waals surface area contributed by atoms with Crippen molar-refractivity contribution in [2.45, 2.75) is 11.8 Å². The van der Waals surface area contributed by atoms with Crippen molar-refractivity contribution >= 4 is 35.0 Å². The first kappa shape index (κ1) is 11.7. The van der Waals surface area contributed by atoms with E-state index >= 15 is 0 Å². The molecule has 0 amide bonds. The predicted octanol–water partition coefficient (Wildman–Crippen LogP) is 4.25. The van der Waals surface area contributed by atoms with E-state index in [1.165, 1.54) is 11.8 Å². The molecule has 74 valence electrons. The summed E-state index contributed by atoms with van der Waals surface area (Å²) in [7, 11) is 0. The van der Waals surface area contributed by atoms with Crippen molar-refractivity contribution in [3.05, 3.63) is 28.2 Å². The number of nitrogens with zero attached hydrogens (tertiary/aromatic N) is 1. The zero-order chi connectivity index (χ0) is 10.6. The Labute approximate surface area is 98.0 Å². The summed E-state index contributed by atoms with van der Waals surface area (Å²) >= 11 is 13.5. The van der Waals surface area contributed by atoms with E-state index in [-0.39, 0.29) is 5.92 Å². The fraction of sp³-hybridized carbons (Fsp3) is 0.300. The van der Waals surface area contributed by atoms with Crippen molar-refractivity contribution in [1.82, 2.24) is 0 Å². The summed E-state index contributed by atoms with van der Waals surface area (Å²) in [6.45, 7) is 1.87. The minimum atomic E-state index is 0.00680. The Morgan fingerprint density at radius 2 is 2.00 bits per heavy atom. The van der Waals surface area contributed by atoms with Gasteiger partial charge in [-0.25, -0.2) is 0 Å². The highest BCUT2D eigenvalue weighted by molar-refractivity contribution is 7.99. The van der Waals surface area contributed by atoms with Gasteiger partial charge in [0.1, 0.15) is 0 Å². The molecule has 0 aliphatic carbocycles. The second-order valence-corrected chi connectivity index (χ2v) is 4.74. The van der Waals surface area contributed by atoms with Gasteiger partial charge in [0.05, 0.1) is 22.0 Å². The van der Waals surface area contributed by atoms with Gasteiger partial charge in [-0.05, 0) is 19.1 Å². The standard InChI is InChI=1S/C10H9Cl2NS/c1-7(5-13)6-14-10-8(11)3-2-4-9(10)12/h2-4,7H,6H2,1H3. The monoisotopic (exact) mass is 245 g/mol. The molecule has 0 spiro atoms. The third kappa shape index (κ3) is 3.09. The van der Waals surface area contributed by atoms with Crippen LogP contribution in [0.1, 0.15) is 6.92 Å². The minimum Gasteiger partial charge on any atom is -0.198 e. The second kappa shape index (κ2) is 5.50. The van der Waals surface area contributed by atoms with Crippen molar-refractivity contribution in [3.63, 3.8) is 0 Å². The van der Waals surface area contributed by atoms with Gasteiger partial charge in [0, 0.05) is 10.6 Å². The largest absolute Gasteiger partial charge is 0.198 e. The molecule has 0 saturated heterocycles. The number of nitriles is 1. The number of benzene rings is 1. The number of thioether (sulfide) groups is 1. The number of hydrogen-bond donors (Lipinski definition) is 0. The highest BCUT2D eigenvalue weighted by Gasteiger charge is 2.08. The molecule has 0 aromatic heterocycles. The molecule has 1 aromatic carbocycles. The topological polar surface area (TPSA) is 23.8 Å². The lowest BCUT2D eigenvalue weighted by Crippen LogP contribution is -1.93. The summed E-state index contributed by atoms with van der Waals surface area (Å²) < 4.78 is 0. The number of hydrogen-bond acceptors (Lipinski definition) is 2. The smallest absolute Gasteiger partial charge is 0.0661 e. The van der Waals surface area contributed by atoms with Crippen LogP contribution in [0.2, 0.25) is 10.0 Å². The Balaban J connectivity index is 2.72. The van der Waals surface area contributed by atoms with E-state index < -0.39 is 0 Å². The fourth-order valence-corrected chi connectivity index (χ4v) is 2.49. The van der Waals surface area contributed by atoms with Gasteiger partial charge in [-0.2, -0.15) is 5.26 Å². The van der Waals surface area contributed by atoms with Crippen LogP contribution < -0.4 is 0 Å². The van der Waals surface area contributed by atoms with E-state index in [9.17, 15) is 0 Å². The molecule has 0 saturated carbocycles. The Hall–Kier alpha value is -0.360. The predicted molar refractivity (Wildman–Crippen MR) is 62.0 cm³/mol. The van der Waals surface area contributed by atoms with E-state index in [0.717, 1.165) is 4.90 Å². The average Bonchev–Trinajstić information content (AvgIpc) is 2.16. The lowest BCUT2D eigenvalue weighted by atomic mass is 10.3. The van der Waals surface area contributed by atoms with E-state index in [0.29, 0.717) is 15.8 Å². The van der Waals surface area contributed by atoms with Crippen molar-refractivity contribution in [2.24, 2.45) is 5.92 Å². The van der Waals surface area contributed by atoms with E-state index in [1.807, 2.05) is 13.0 Å². The highest BCUT2D eigenvalue weighted by Crippen LogP contribution is 2.34. The summed E-state index contributed by atoms with van der Waals surface area (Å²) in [5, 5.41) is 9.91. The van der Waals surface area contributed by atoms with Gasteiger partial charge in [-0.15, -0.1) is 11.8 Å². The summed E-state index contributed by atoms with van der Waals surface area (Å²) in [5.41, 5.74) is 0. The Morgan fingerprint density at radius 1 is 1.43 bits per heavy atom. The summed E-state index contributed by atoms with van der Waals surface area (Å²) in [6, 6.07) is 7.57. The van der Waals surface area contributed by atoms with Crippen molar-refractivity contribution in [2.75, 3.05) is 5.75 Å². The van der Waals surface area contributed by atoms with Crippen LogP contribution >= 0.6 is 35.0 Å².